The second kappa shape index (κ2) is 18.2. The van der Waals surface area contributed by atoms with Crippen molar-refractivity contribution in [2.24, 2.45) is 0 Å². The number of amides is 4. The number of anilines is 2. The first-order chi connectivity index (χ1) is 23.0. The van der Waals surface area contributed by atoms with Gasteiger partial charge in [-0.2, -0.15) is 0 Å². The Morgan fingerprint density at radius 3 is 2.22 bits per heavy atom. The Labute approximate surface area is 295 Å². The van der Waals surface area contributed by atoms with E-state index in [1.807, 2.05) is 30.0 Å². The molecule has 0 atom stereocenters. The molecule has 0 unspecified atom stereocenters. The zero-order chi connectivity index (χ0) is 34.8. The van der Waals surface area contributed by atoms with Crippen molar-refractivity contribution in [2.75, 3.05) is 78.3 Å². The van der Waals surface area contributed by atoms with Gasteiger partial charge in [0.2, 0.25) is 5.91 Å². The number of halogens is 1. The highest BCUT2D eigenvalue weighted by Gasteiger charge is 2.23. The first-order valence-corrected chi connectivity index (χ1v) is 16.3. The van der Waals surface area contributed by atoms with Crippen molar-refractivity contribution in [1.82, 2.24) is 14.7 Å². The van der Waals surface area contributed by atoms with Crippen molar-refractivity contribution in [2.45, 2.75) is 32.6 Å². The van der Waals surface area contributed by atoms with Crippen LogP contribution in [0.3, 0.4) is 0 Å². The van der Waals surface area contributed by atoms with Crippen LogP contribution in [0.15, 0.2) is 60.7 Å². The molecular formula is C37H48ClN5O6. The van der Waals surface area contributed by atoms with Crippen molar-refractivity contribution in [3.05, 3.63) is 82.9 Å². The Morgan fingerprint density at radius 2 is 1.53 bits per heavy atom. The fraction of sp³-hybridized carbons (Fsp3) is 0.405. The molecule has 12 heteroatoms. The number of nitrogens with one attached hydrogen (secondary N) is 1. The predicted molar refractivity (Wildman–Crippen MR) is 195 cm³/mol. The minimum Gasteiger partial charge on any atom is -0.496 e. The molecule has 264 valence electrons. The molecule has 4 rings (SSSR count). The molecule has 3 aromatic rings. The van der Waals surface area contributed by atoms with Crippen molar-refractivity contribution in [3.63, 3.8) is 0 Å². The monoisotopic (exact) mass is 693 g/mol. The Kier molecular flexibility index (Phi) is 14.5. The van der Waals surface area contributed by atoms with Crippen LogP contribution in [-0.4, -0.2) is 106 Å². The van der Waals surface area contributed by atoms with E-state index in [4.69, 9.17) is 9.47 Å². The van der Waals surface area contributed by atoms with E-state index in [2.05, 4.69) is 17.3 Å². The lowest BCUT2D eigenvalue weighted by atomic mass is 10.1. The largest absolute Gasteiger partial charge is 0.496 e. The minimum absolute atomic E-state index is 0. The van der Waals surface area contributed by atoms with Crippen LogP contribution in [0.25, 0.3) is 0 Å². The molecule has 0 radical (unpaired) electrons. The van der Waals surface area contributed by atoms with Gasteiger partial charge in [0.1, 0.15) is 11.5 Å². The van der Waals surface area contributed by atoms with E-state index in [0.717, 1.165) is 51.0 Å². The van der Waals surface area contributed by atoms with Gasteiger partial charge in [-0.05, 0) is 81.3 Å². The maximum atomic E-state index is 13.7. The third kappa shape index (κ3) is 10.2. The van der Waals surface area contributed by atoms with E-state index in [0.29, 0.717) is 41.3 Å². The molecule has 0 aliphatic carbocycles. The van der Waals surface area contributed by atoms with Gasteiger partial charge in [0.25, 0.3) is 17.7 Å². The van der Waals surface area contributed by atoms with Crippen LogP contribution in [0.4, 0.5) is 11.4 Å². The number of nitrogens with zero attached hydrogens (tertiary/aromatic N) is 4. The normalized spacial score (nSPS) is 12.8. The molecule has 1 saturated heterocycles. The summed E-state index contributed by atoms with van der Waals surface area (Å²) < 4.78 is 11.7. The maximum absolute atomic E-state index is 13.7. The lowest BCUT2D eigenvalue weighted by Gasteiger charge is -2.32. The Balaban J connectivity index is 0.00000650. The number of benzene rings is 3. The highest BCUT2D eigenvalue weighted by atomic mass is 35.5. The van der Waals surface area contributed by atoms with E-state index < -0.39 is 5.91 Å². The molecule has 0 spiro atoms. The summed E-state index contributed by atoms with van der Waals surface area (Å²) in [4.78, 5) is 59.2. The quantitative estimate of drug-likeness (QED) is 0.240. The van der Waals surface area contributed by atoms with E-state index in [9.17, 15) is 19.2 Å². The molecule has 1 aliphatic rings. The number of aryl methyl sites for hydroxylation is 1. The van der Waals surface area contributed by atoms with Gasteiger partial charge in [0.15, 0.2) is 0 Å². The fourth-order valence-corrected chi connectivity index (χ4v) is 5.49. The van der Waals surface area contributed by atoms with Gasteiger partial charge >= 0.3 is 0 Å². The van der Waals surface area contributed by atoms with Gasteiger partial charge in [-0.3, -0.25) is 19.2 Å². The number of likely N-dealkylation sites (N-methyl/N-ethyl adjacent to an activating group) is 1. The topological polar surface area (TPSA) is 112 Å². The van der Waals surface area contributed by atoms with E-state index in [-0.39, 0.29) is 41.4 Å². The molecule has 1 heterocycles. The first kappa shape index (κ1) is 38.8. The van der Waals surface area contributed by atoms with E-state index in [1.165, 1.54) is 29.0 Å². The van der Waals surface area contributed by atoms with Crippen LogP contribution < -0.4 is 19.7 Å². The van der Waals surface area contributed by atoms with E-state index >= 15 is 0 Å². The number of methoxy groups -OCH3 is 1. The summed E-state index contributed by atoms with van der Waals surface area (Å²) in [5.41, 5.74) is 2.88. The zero-order valence-electron chi connectivity index (χ0n) is 29.3. The van der Waals surface area contributed by atoms with Crippen LogP contribution in [-0.2, 0) is 4.79 Å². The average molecular weight is 694 g/mol. The molecule has 0 bridgehead atoms. The van der Waals surface area contributed by atoms with Crippen LogP contribution in [0.1, 0.15) is 62.3 Å². The molecule has 0 aromatic heterocycles. The summed E-state index contributed by atoms with van der Waals surface area (Å²) in [6.45, 7) is 5.85. The number of hydrogen-bond acceptors (Lipinski definition) is 7. The number of unbranched alkanes of at least 4 members (excludes halogenated alkanes) is 2. The molecule has 1 N–H and O–H groups in total. The summed E-state index contributed by atoms with van der Waals surface area (Å²) in [6, 6.07) is 17.1. The Bertz CT molecular complexity index is 1620. The first-order valence-electron chi connectivity index (χ1n) is 16.3. The molecule has 49 heavy (non-hydrogen) atoms. The van der Waals surface area contributed by atoms with Gasteiger partial charge in [-0.15, -0.1) is 12.4 Å². The number of rotatable bonds is 13. The number of ether oxygens (including phenoxy) is 2. The molecule has 1 fully saturated rings. The molecule has 1 aliphatic heterocycles. The highest BCUT2D eigenvalue weighted by molar-refractivity contribution is 6.12. The summed E-state index contributed by atoms with van der Waals surface area (Å²) in [7, 11) is 8.47. The number of piperazine rings is 1. The smallest absolute Gasteiger partial charge is 0.259 e. The SMILES string of the molecule is COc1cc(C(=O)N(C)c2ccc(C)cc2OCCCCCC(=O)N2CCN(C)CC2)ccc1C(=O)Nc1ccccc1C(=O)N(C)C.Cl. The second-order valence-electron chi connectivity index (χ2n) is 12.3. The van der Waals surface area contributed by atoms with Crippen LogP contribution >= 0.6 is 12.4 Å². The van der Waals surface area contributed by atoms with Crippen molar-refractivity contribution < 1.29 is 28.7 Å². The summed E-state index contributed by atoms with van der Waals surface area (Å²) in [5.74, 6) is 0.00379. The van der Waals surface area contributed by atoms with Crippen molar-refractivity contribution in [1.29, 1.82) is 0 Å². The maximum Gasteiger partial charge on any atom is 0.259 e. The second-order valence-corrected chi connectivity index (χ2v) is 12.3. The lowest BCUT2D eigenvalue weighted by molar-refractivity contribution is -0.132. The molecule has 3 aromatic carbocycles. The summed E-state index contributed by atoms with van der Waals surface area (Å²) in [5, 5.41) is 2.80. The Hall–Kier alpha value is -4.61. The standard InChI is InChI=1S/C37H47N5O6.ClH/c1-26-15-18-31(33(24-26)48-23-11-7-8-14-34(43)42-21-19-40(4)20-22-42)41(5)36(45)27-16-17-29(32(25-27)47-6)35(44)38-30-13-10-9-12-28(30)37(46)39(2)3;/h9-10,12-13,15-18,24-25H,7-8,11,14,19-23H2,1-6H3,(H,38,44);1H. The fourth-order valence-electron chi connectivity index (χ4n) is 5.49. The third-order valence-corrected chi connectivity index (χ3v) is 8.43. The molecule has 4 amide bonds. The summed E-state index contributed by atoms with van der Waals surface area (Å²) in [6.07, 6.45) is 3.01. The summed E-state index contributed by atoms with van der Waals surface area (Å²) >= 11 is 0. The number of para-hydroxylation sites is 1. The van der Waals surface area contributed by atoms with Gasteiger partial charge in [0, 0.05) is 59.3 Å². The lowest BCUT2D eigenvalue weighted by Crippen LogP contribution is -2.47. The van der Waals surface area contributed by atoms with Gasteiger partial charge in [0.05, 0.1) is 36.2 Å². The number of carbonyl (C=O) groups is 4. The highest BCUT2D eigenvalue weighted by Crippen LogP contribution is 2.31. The van der Waals surface area contributed by atoms with Crippen LogP contribution in [0.5, 0.6) is 11.5 Å². The van der Waals surface area contributed by atoms with Gasteiger partial charge in [-0.25, -0.2) is 0 Å². The van der Waals surface area contributed by atoms with E-state index in [1.54, 1.807) is 51.5 Å². The van der Waals surface area contributed by atoms with Crippen molar-refractivity contribution >= 4 is 47.4 Å². The zero-order valence-corrected chi connectivity index (χ0v) is 30.1. The molecule has 0 saturated carbocycles. The van der Waals surface area contributed by atoms with Crippen LogP contribution in [0.2, 0.25) is 0 Å². The average Bonchev–Trinajstić information content (AvgIpc) is 3.08. The van der Waals surface area contributed by atoms with Gasteiger partial charge < -0.3 is 34.4 Å². The van der Waals surface area contributed by atoms with Crippen molar-refractivity contribution in [3.8, 4) is 11.5 Å². The Morgan fingerprint density at radius 1 is 0.816 bits per heavy atom. The van der Waals surface area contributed by atoms with Crippen LogP contribution in [0, 0.1) is 6.92 Å². The minimum atomic E-state index is -0.476. The van der Waals surface area contributed by atoms with Gasteiger partial charge in [-0.1, -0.05) is 18.2 Å². The third-order valence-electron chi connectivity index (χ3n) is 8.43. The number of carbonyl (C=O) groups excluding carboxylic acids is 4. The molecular weight excluding hydrogens is 646 g/mol. The predicted octanol–water partition coefficient (Wildman–Crippen LogP) is 5.37. The molecule has 11 nitrogen and oxygen atoms in total. The number of hydrogen-bond donors (Lipinski definition) is 1.